The Morgan fingerprint density at radius 2 is 2.10 bits per heavy atom. The molecular weight excluding hydrogens is 310 g/mol. The SMILES string of the molecule is CCCCC(CN)NS(=O)(=O)c1ccc(C#N)c(C)c1.Cl. The smallest absolute Gasteiger partial charge is 0.240 e. The molecule has 1 aromatic carbocycles. The molecule has 0 fully saturated rings. The highest BCUT2D eigenvalue weighted by molar-refractivity contribution is 7.89. The van der Waals surface area contributed by atoms with Gasteiger partial charge in [-0.1, -0.05) is 19.8 Å². The van der Waals surface area contributed by atoms with Gasteiger partial charge in [-0.15, -0.1) is 12.4 Å². The molecule has 0 amide bonds. The summed E-state index contributed by atoms with van der Waals surface area (Å²) in [6.45, 7) is 4.04. The zero-order chi connectivity index (χ0) is 15.2. The van der Waals surface area contributed by atoms with Crippen LogP contribution in [0.25, 0.3) is 0 Å². The molecule has 0 aromatic heterocycles. The summed E-state index contributed by atoms with van der Waals surface area (Å²) in [5, 5.41) is 8.86. The molecule has 0 aliphatic rings. The van der Waals surface area contributed by atoms with Crippen LogP contribution in [0.3, 0.4) is 0 Å². The Labute approximate surface area is 133 Å². The summed E-state index contributed by atoms with van der Waals surface area (Å²) in [6, 6.07) is 6.24. The van der Waals surface area contributed by atoms with Gasteiger partial charge in [0.25, 0.3) is 0 Å². The monoisotopic (exact) mass is 331 g/mol. The summed E-state index contributed by atoms with van der Waals surface area (Å²) in [4.78, 5) is 0.170. The van der Waals surface area contributed by atoms with Crippen LogP contribution >= 0.6 is 12.4 Å². The van der Waals surface area contributed by atoms with Gasteiger partial charge >= 0.3 is 0 Å². The first-order valence-electron chi connectivity index (χ1n) is 6.67. The number of unbranched alkanes of at least 4 members (excludes halogenated alkanes) is 1. The number of nitrogens with two attached hydrogens (primary N) is 1. The van der Waals surface area contributed by atoms with E-state index in [-0.39, 0.29) is 29.9 Å². The Bertz CT molecular complexity index is 597. The standard InChI is InChI=1S/C14H21N3O2S.ClH/c1-3-4-5-13(10-16)17-20(18,19)14-7-6-12(9-15)11(2)8-14;/h6-8,13,17H,3-5,10,16H2,1-2H3;1H. The van der Waals surface area contributed by atoms with E-state index in [2.05, 4.69) is 4.72 Å². The van der Waals surface area contributed by atoms with Crippen LogP contribution < -0.4 is 10.5 Å². The van der Waals surface area contributed by atoms with E-state index in [0.717, 1.165) is 19.3 Å². The molecule has 118 valence electrons. The lowest BCUT2D eigenvalue weighted by atomic mass is 10.1. The fourth-order valence-corrected chi connectivity index (χ4v) is 3.26. The lowest BCUT2D eigenvalue weighted by Crippen LogP contribution is -2.40. The van der Waals surface area contributed by atoms with Crippen LogP contribution in [0.15, 0.2) is 23.1 Å². The summed E-state index contributed by atoms with van der Waals surface area (Å²) < 4.78 is 27.2. The first kappa shape index (κ1) is 19.9. The first-order chi connectivity index (χ1) is 9.44. The van der Waals surface area contributed by atoms with E-state index in [1.165, 1.54) is 18.2 Å². The summed E-state index contributed by atoms with van der Waals surface area (Å²) in [5.41, 5.74) is 6.73. The van der Waals surface area contributed by atoms with Crippen LogP contribution in [0, 0.1) is 18.3 Å². The van der Waals surface area contributed by atoms with Gasteiger partial charge in [-0.05, 0) is 37.1 Å². The topological polar surface area (TPSA) is 96.0 Å². The van der Waals surface area contributed by atoms with Crippen molar-refractivity contribution in [3.63, 3.8) is 0 Å². The van der Waals surface area contributed by atoms with E-state index in [9.17, 15) is 8.42 Å². The average molecular weight is 332 g/mol. The van der Waals surface area contributed by atoms with Gasteiger partial charge in [0, 0.05) is 12.6 Å². The third kappa shape index (κ3) is 5.64. The van der Waals surface area contributed by atoms with E-state index in [1.807, 2.05) is 13.0 Å². The van der Waals surface area contributed by atoms with E-state index in [1.54, 1.807) is 6.92 Å². The lowest BCUT2D eigenvalue weighted by molar-refractivity contribution is 0.516. The maximum atomic E-state index is 12.3. The van der Waals surface area contributed by atoms with Crippen molar-refractivity contribution in [2.75, 3.05) is 6.54 Å². The lowest BCUT2D eigenvalue weighted by Gasteiger charge is -2.17. The minimum atomic E-state index is -3.59. The molecule has 3 N–H and O–H groups in total. The zero-order valence-electron chi connectivity index (χ0n) is 12.3. The van der Waals surface area contributed by atoms with Crippen molar-refractivity contribution < 1.29 is 8.42 Å². The van der Waals surface area contributed by atoms with Gasteiger partial charge in [0.05, 0.1) is 16.5 Å². The molecule has 1 atom stereocenters. The van der Waals surface area contributed by atoms with E-state index < -0.39 is 10.0 Å². The number of sulfonamides is 1. The third-order valence-electron chi connectivity index (χ3n) is 3.14. The van der Waals surface area contributed by atoms with Crippen LogP contribution in [0.5, 0.6) is 0 Å². The zero-order valence-corrected chi connectivity index (χ0v) is 13.9. The maximum Gasteiger partial charge on any atom is 0.240 e. The number of aryl methyl sites for hydroxylation is 1. The van der Waals surface area contributed by atoms with Gasteiger partial charge in [-0.3, -0.25) is 0 Å². The van der Waals surface area contributed by atoms with Crippen molar-refractivity contribution in [2.45, 2.75) is 44.0 Å². The highest BCUT2D eigenvalue weighted by atomic mass is 35.5. The van der Waals surface area contributed by atoms with Crippen LogP contribution in [-0.2, 0) is 10.0 Å². The molecule has 21 heavy (non-hydrogen) atoms. The molecule has 0 spiro atoms. The van der Waals surface area contributed by atoms with Gasteiger partial charge in [-0.2, -0.15) is 5.26 Å². The Hall–Kier alpha value is -1.13. The van der Waals surface area contributed by atoms with Crippen LogP contribution in [0.1, 0.15) is 37.3 Å². The van der Waals surface area contributed by atoms with Crippen LogP contribution in [0.2, 0.25) is 0 Å². The second-order valence-corrected chi connectivity index (χ2v) is 6.50. The molecule has 0 aliphatic carbocycles. The molecule has 5 nitrogen and oxygen atoms in total. The second kappa shape index (κ2) is 9.00. The number of nitrogens with zero attached hydrogens (tertiary/aromatic N) is 1. The summed E-state index contributed by atoms with van der Waals surface area (Å²) in [7, 11) is -3.59. The van der Waals surface area contributed by atoms with Crippen LogP contribution in [-0.4, -0.2) is 21.0 Å². The van der Waals surface area contributed by atoms with Gasteiger partial charge in [-0.25, -0.2) is 13.1 Å². The van der Waals surface area contributed by atoms with Gasteiger partial charge < -0.3 is 5.73 Å². The Kier molecular flexibility index (Phi) is 8.52. The van der Waals surface area contributed by atoms with E-state index in [0.29, 0.717) is 11.1 Å². The quantitative estimate of drug-likeness (QED) is 0.799. The summed E-state index contributed by atoms with van der Waals surface area (Å²) in [5.74, 6) is 0. The number of nitrogens with one attached hydrogen (secondary N) is 1. The van der Waals surface area contributed by atoms with Crippen molar-refractivity contribution in [1.29, 1.82) is 5.26 Å². The average Bonchev–Trinajstić information content (AvgIpc) is 2.43. The molecule has 0 bridgehead atoms. The van der Waals surface area contributed by atoms with Crippen molar-refractivity contribution >= 4 is 22.4 Å². The van der Waals surface area contributed by atoms with Crippen molar-refractivity contribution in [1.82, 2.24) is 4.72 Å². The summed E-state index contributed by atoms with van der Waals surface area (Å²) in [6.07, 6.45) is 2.65. The van der Waals surface area contributed by atoms with Crippen LogP contribution in [0.4, 0.5) is 0 Å². The molecule has 7 heteroatoms. The molecule has 0 saturated carbocycles. The fourth-order valence-electron chi connectivity index (χ4n) is 1.89. The third-order valence-corrected chi connectivity index (χ3v) is 4.66. The highest BCUT2D eigenvalue weighted by Crippen LogP contribution is 2.15. The molecule has 1 aromatic rings. The predicted octanol–water partition coefficient (Wildman–Crippen LogP) is 2.08. The number of hydrogen-bond donors (Lipinski definition) is 2. The van der Waals surface area contributed by atoms with Gasteiger partial charge in [0.1, 0.15) is 0 Å². The predicted molar refractivity (Wildman–Crippen MR) is 85.8 cm³/mol. The first-order valence-corrected chi connectivity index (χ1v) is 8.16. The minimum absolute atomic E-state index is 0. The number of benzene rings is 1. The normalized spacial score (nSPS) is 12.3. The number of rotatable bonds is 7. The number of halogens is 1. The van der Waals surface area contributed by atoms with Crippen molar-refractivity contribution in [2.24, 2.45) is 5.73 Å². The van der Waals surface area contributed by atoms with Gasteiger partial charge in [0.15, 0.2) is 0 Å². The molecule has 0 saturated heterocycles. The fraction of sp³-hybridized carbons (Fsp3) is 0.500. The molecular formula is C14H22ClN3O2S. The van der Waals surface area contributed by atoms with E-state index in [4.69, 9.17) is 11.0 Å². The minimum Gasteiger partial charge on any atom is -0.329 e. The Morgan fingerprint density at radius 3 is 2.57 bits per heavy atom. The van der Waals surface area contributed by atoms with Gasteiger partial charge in [0.2, 0.25) is 10.0 Å². The van der Waals surface area contributed by atoms with E-state index >= 15 is 0 Å². The number of hydrogen-bond acceptors (Lipinski definition) is 4. The molecule has 0 heterocycles. The van der Waals surface area contributed by atoms with Crippen molar-refractivity contribution in [3.05, 3.63) is 29.3 Å². The highest BCUT2D eigenvalue weighted by Gasteiger charge is 2.19. The molecule has 1 rings (SSSR count). The molecule has 0 aliphatic heterocycles. The summed E-state index contributed by atoms with van der Waals surface area (Å²) >= 11 is 0. The number of nitriles is 1. The maximum absolute atomic E-state index is 12.3. The second-order valence-electron chi connectivity index (χ2n) is 4.78. The molecule has 1 unspecified atom stereocenters. The Morgan fingerprint density at radius 1 is 1.43 bits per heavy atom. The van der Waals surface area contributed by atoms with Crippen molar-refractivity contribution in [3.8, 4) is 6.07 Å². The largest absolute Gasteiger partial charge is 0.329 e. The molecule has 0 radical (unpaired) electrons. The Balaban J connectivity index is 0.00000400.